The first-order chi connectivity index (χ1) is 10.0. The Bertz CT molecular complexity index is 530. The maximum atomic E-state index is 12.7. The third-order valence-corrected chi connectivity index (χ3v) is 4.07. The summed E-state index contributed by atoms with van der Waals surface area (Å²) in [6.07, 6.45) is 0.919. The molecule has 5 nitrogen and oxygen atoms in total. The molecular weight excluding hydrogens is 268 g/mol. The number of nitrogens with two attached hydrogens (primary N) is 1. The van der Waals surface area contributed by atoms with E-state index in [1.54, 1.807) is 4.90 Å². The van der Waals surface area contributed by atoms with Crippen molar-refractivity contribution in [3.05, 3.63) is 35.4 Å². The van der Waals surface area contributed by atoms with Crippen LogP contribution in [0.5, 0.6) is 0 Å². The van der Waals surface area contributed by atoms with E-state index in [1.807, 2.05) is 31.2 Å². The SMILES string of the molecule is CO[C@@H](C(=O)N1CCC[C@H](C(N)=O)C1)c1ccccc1C. The molecule has 0 unspecified atom stereocenters. The second-order valence-electron chi connectivity index (χ2n) is 5.50. The molecule has 0 aromatic heterocycles. The smallest absolute Gasteiger partial charge is 0.256 e. The zero-order valence-electron chi connectivity index (χ0n) is 12.5. The van der Waals surface area contributed by atoms with Crippen LogP contribution in [0.4, 0.5) is 0 Å². The Morgan fingerprint density at radius 3 is 2.71 bits per heavy atom. The number of carbonyl (C=O) groups excluding carboxylic acids is 2. The van der Waals surface area contributed by atoms with Gasteiger partial charge in [-0.2, -0.15) is 0 Å². The highest BCUT2D eigenvalue weighted by molar-refractivity contribution is 5.84. The number of benzene rings is 1. The first-order valence-corrected chi connectivity index (χ1v) is 7.21. The molecule has 2 amide bonds. The molecule has 2 N–H and O–H groups in total. The summed E-state index contributed by atoms with van der Waals surface area (Å²) >= 11 is 0. The van der Waals surface area contributed by atoms with Crippen molar-refractivity contribution in [3.63, 3.8) is 0 Å². The van der Waals surface area contributed by atoms with Gasteiger partial charge in [-0.1, -0.05) is 24.3 Å². The molecule has 0 aliphatic carbocycles. The fourth-order valence-electron chi connectivity index (χ4n) is 2.82. The average molecular weight is 290 g/mol. The van der Waals surface area contributed by atoms with Gasteiger partial charge in [0.15, 0.2) is 6.10 Å². The number of hydrogen-bond acceptors (Lipinski definition) is 3. The predicted octanol–water partition coefficient (Wildman–Crippen LogP) is 1.41. The van der Waals surface area contributed by atoms with E-state index in [9.17, 15) is 9.59 Å². The van der Waals surface area contributed by atoms with Gasteiger partial charge in [0, 0.05) is 20.2 Å². The van der Waals surface area contributed by atoms with Crippen LogP contribution in [-0.4, -0.2) is 36.9 Å². The Kier molecular flexibility index (Phi) is 4.96. The quantitative estimate of drug-likeness (QED) is 0.911. The van der Waals surface area contributed by atoms with Crippen molar-refractivity contribution in [1.82, 2.24) is 4.90 Å². The average Bonchev–Trinajstić information content (AvgIpc) is 2.50. The molecule has 2 rings (SSSR count). The lowest BCUT2D eigenvalue weighted by Gasteiger charge is -2.33. The lowest BCUT2D eigenvalue weighted by atomic mass is 9.96. The Balaban J connectivity index is 2.17. The van der Waals surface area contributed by atoms with Gasteiger partial charge < -0.3 is 15.4 Å². The highest BCUT2D eigenvalue weighted by atomic mass is 16.5. The number of carbonyl (C=O) groups is 2. The normalized spacial score (nSPS) is 20.1. The van der Waals surface area contributed by atoms with E-state index in [2.05, 4.69) is 0 Å². The van der Waals surface area contributed by atoms with E-state index >= 15 is 0 Å². The van der Waals surface area contributed by atoms with Gasteiger partial charge in [0.05, 0.1) is 5.92 Å². The zero-order valence-corrected chi connectivity index (χ0v) is 12.5. The minimum Gasteiger partial charge on any atom is -0.369 e. The highest BCUT2D eigenvalue weighted by Gasteiger charge is 2.32. The van der Waals surface area contributed by atoms with Gasteiger partial charge in [-0.25, -0.2) is 0 Å². The maximum absolute atomic E-state index is 12.7. The van der Waals surface area contributed by atoms with Crippen LogP contribution in [0.1, 0.15) is 30.1 Å². The number of methoxy groups -OCH3 is 1. The van der Waals surface area contributed by atoms with Crippen LogP contribution in [0.25, 0.3) is 0 Å². The summed E-state index contributed by atoms with van der Waals surface area (Å²) < 4.78 is 5.42. The molecule has 0 radical (unpaired) electrons. The number of hydrogen-bond donors (Lipinski definition) is 1. The van der Waals surface area contributed by atoms with Crippen LogP contribution in [-0.2, 0) is 14.3 Å². The van der Waals surface area contributed by atoms with Crippen LogP contribution >= 0.6 is 0 Å². The summed E-state index contributed by atoms with van der Waals surface area (Å²) in [4.78, 5) is 25.7. The van der Waals surface area contributed by atoms with E-state index in [1.165, 1.54) is 7.11 Å². The topological polar surface area (TPSA) is 72.6 Å². The number of likely N-dealkylation sites (tertiary alicyclic amines) is 1. The fraction of sp³-hybridized carbons (Fsp3) is 0.500. The number of primary amides is 1. The minimum atomic E-state index is -0.627. The predicted molar refractivity (Wildman–Crippen MR) is 79.4 cm³/mol. The number of nitrogens with zero attached hydrogens (tertiary/aromatic N) is 1. The summed E-state index contributed by atoms with van der Waals surface area (Å²) in [5.74, 6) is -0.688. The Morgan fingerprint density at radius 1 is 1.38 bits per heavy atom. The summed E-state index contributed by atoms with van der Waals surface area (Å²) in [7, 11) is 1.53. The van der Waals surface area contributed by atoms with Crippen molar-refractivity contribution in [2.45, 2.75) is 25.9 Å². The minimum absolute atomic E-state index is 0.0993. The zero-order chi connectivity index (χ0) is 15.4. The van der Waals surface area contributed by atoms with Gasteiger partial charge in [0.2, 0.25) is 5.91 Å². The monoisotopic (exact) mass is 290 g/mol. The summed E-state index contributed by atoms with van der Waals surface area (Å²) in [5.41, 5.74) is 7.25. The van der Waals surface area contributed by atoms with Gasteiger partial charge in [-0.15, -0.1) is 0 Å². The number of aryl methyl sites for hydroxylation is 1. The van der Waals surface area contributed by atoms with E-state index in [0.717, 1.165) is 24.0 Å². The van der Waals surface area contributed by atoms with Crippen molar-refractivity contribution >= 4 is 11.8 Å². The molecule has 0 bridgehead atoms. The largest absolute Gasteiger partial charge is 0.369 e. The van der Waals surface area contributed by atoms with E-state index in [-0.39, 0.29) is 17.7 Å². The number of piperidine rings is 1. The molecule has 1 aliphatic heterocycles. The molecule has 21 heavy (non-hydrogen) atoms. The van der Waals surface area contributed by atoms with Gasteiger partial charge in [0.25, 0.3) is 5.91 Å². The molecule has 1 aromatic carbocycles. The third-order valence-electron chi connectivity index (χ3n) is 4.07. The lowest BCUT2D eigenvalue weighted by molar-refractivity contribution is -0.145. The molecule has 1 heterocycles. The van der Waals surface area contributed by atoms with Crippen molar-refractivity contribution in [3.8, 4) is 0 Å². The van der Waals surface area contributed by atoms with Crippen LogP contribution < -0.4 is 5.73 Å². The second-order valence-corrected chi connectivity index (χ2v) is 5.50. The van der Waals surface area contributed by atoms with Crippen molar-refractivity contribution in [1.29, 1.82) is 0 Å². The molecule has 5 heteroatoms. The van der Waals surface area contributed by atoms with Crippen LogP contribution in [0.2, 0.25) is 0 Å². The number of ether oxygens (including phenoxy) is 1. The molecule has 0 saturated carbocycles. The third kappa shape index (κ3) is 3.42. The standard InChI is InChI=1S/C16H22N2O3/c1-11-6-3-4-8-13(11)14(21-2)16(20)18-9-5-7-12(10-18)15(17)19/h3-4,6,8,12,14H,5,7,9-10H2,1-2H3,(H2,17,19)/t12-,14+/m0/s1. The van der Waals surface area contributed by atoms with Crippen molar-refractivity contribution in [2.75, 3.05) is 20.2 Å². The van der Waals surface area contributed by atoms with Crippen molar-refractivity contribution in [2.24, 2.45) is 11.7 Å². The second kappa shape index (κ2) is 6.72. The Hall–Kier alpha value is -1.88. The molecule has 1 aromatic rings. The van der Waals surface area contributed by atoms with E-state index < -0.39 is 6.10 Å². The Labute approximate surface area is 125 Å². The number of amides is 2. The fourth-order valence-corrected chi connectivity index (χ4v) is 2.82. The summed E-state index contributed by atoms with van der Waals surface area (Å²) in [6, 6.07) is 7.68. The molecule has 1 aliphatic rings. The van der Waals surface area contributed by atoms with Crippen LogP contribution in [0, 0.1) is 12.8 Å². The van der Waals surface area contributed by atoms with Gasteiger partial charge in [-0.05, 0) is 30.9 Å². The van der Waals surface area contributed by atoms with Crippen molar-refractivity contribution < 1.29 is 14.3 Å². The lowest BCUT2D eigenvalue weighted by Crippen LogP contribution is -2.46. The summed E-state index contributed by atoms with van der Waals surface area (Å²) in [5, 5.41) is 0. The molecule has 1 saturated heterocycles. The molecule has 114 valence electrons. The maximum Gasteiger partial charge on any atom is 0.256 e. The van der Waals surface area contributed by atoms with Gasteiger partial charge >= 0.3 is 0 Å². The van der Waals surface area contributed by atoms with E-state index in [4.69, 9.17) is 10.5 Å². The first-order valence-electron chi connectivity index (χ1n) is 7.21. The number of rotatable bonds is 4. The Morgan fingerprint density at radius 2 is 2.10 bits per heavy atom. The van der Waals surface area contributed by atoms with Gasteiger partial charge in [0.1, 0.15) is 0 Å². The summed E-state index contributed by atoms with van der Waals surface area (Å²) in [6.45, 7) is 2.99. The van der Waals surface area contributed by atoms with Crippen LogP contribution in [0.3, 0.4) is 0 Å². The molecule has 2 atom stereocenters. The van der Waals surface area contributed by atoms with Crippen LogP contribution in [0.15, 0.2) is 24.3 Å². The first kappa shape index (κ1) is 15.5. The van der Waals surface area contributed by atoms with Gasteiger partial charge in [-0.3, -0.25) is 9.59 Å². The molecular formula is C16H22N2O3. The van der Waals surface area contributed by atoms with E-state index in [0.29, 0.717) is 13.1 Å². The highest BCUT2D eigenvalue weighted by Crippen LogP contribution is 2.25. The molecule has 1 fully saturated rings. The molecule has 0 spiro atoms.